The monoisotopic (exact) mass is 339 g/mol. The molecule has 1 aliphatic carbocycles. The predicted molar refractivity (Wildman–Crippen MR) is 104 cm³/mol. The Bertz CT molecular complexity index is 648. The highest BCUT2D eigenvalue weighted by molar-refractivity contribution is 7.80. The number of nitrogens with one attached hydrogen (secondary N) is 1. The van der Waals surface area contributed by atoms with E-state index < -0.39 is 0 Å². The van der Waals surface area contributed by atoms with Crippen molar-refractivity contribution in [3.63, 3.8) is 0 Å². The van der Waals surface area contributed by atoms with E-state index >= 15 is 0 Å². The molecule has 4 heteroatoms. The van der Waals surface area contributed by atoms with Gasteiger partial charge in [-0.25, -0.2) is 0 Å². The van der Waals surface area contributed by atoms with E-state index in [9.17, 15) is 0 Å². The van der Waals surface area contributed by atoms with Crippen LogP contribution < -0.4 is 5.32 Å². The number of thiocarbonyl (C=S) groups is 1. The fraction of sp³-hybridized carbons (Fsp3) is 0.400. The lowest BCUT2D eigenvalue weighted by atomic mass is 10.1. The van der Waals surface area contributed by atoms with Crippen LogP contribution in [-0.2, 0) is 13.0 Å². The maximum Gasteiger partial charge on any atom is 0.173 e. The minimum Gasteiger partial charge on any atom is -0.342 e. The minimum atomic E-state index is 0.528. The molecule has 2 aromatic rings. The maximum absolute atomic E-state index is 5.75. The fourth-order valence-electron chi connectivity index (χ4n) is 3.29. The second kappa shape index (κ2) is 8.25. The first-order valence-electron chi connectivity index (χ1n) is 8.81. The predicted octanol–water partition coefficient (Wildman–Crippen LogP) is 4.79. The van der Waals surface area contributed by atoms with Crippen LogP contribution in [0, 0.1) is 0 Å². The lowest BCUT2D eigenvalue weighted by Crippen LogP contribution is -2.41. The number of pyridine rings is 1. The Morgan fingerprint density at radius 2 is 1.92 bits per heavy atom. The first-order chi connectivity index (χ1) is 11.8. The van der Waals surface area contributed by atoms with Crippen LogP contribution in [0.3, 0.4) is 0 Å². The topological polar surface area (TPSA) is 28.2 Å². The highest BCUT2D eigenvalue weighted by Crippen LogP contribution is 2.26. The van der Waals surface area contributed by atoms with Crippen LogP contribution in [0.2, 0.25) is 0 Å². The Balaban J connectivity index is 1.72. The number of hydrogen-bond donors (Lipinski definition) is 1. The van der Waals surface area contributed by atoms with Crippen LogP contribution in [-0.4, -0.2) is 21.0 Å². The van der Waals surface area contributed by atoms with Crippen LogP contribution in [0.25, 0.3) is 0 Å². The number of aryl methyl sites for hydroxylation is 1. The lowest BCUT2D eigenvalue weighted by molar-refractivity contribution is 0.312. The van der Waals surface area contributed by atoms with Crippen molar-refractivity contribution in [2.24, 2.45) is 0 Å². The zero-order valence-electron chi connectivity index (χ0n) is 14.2. The molecule has 126 valence electrons. The van der Waals surface area contributed by atoms with Crippen molar-refractivity contribution in [1.29, 1.82) is 0 Å². The van der Waals surface area contributed by atoms with Gasteiger partial charge in [0, 0.05) is 30.7 Å². The van der Waals surface area contributed by atoms with Gasteiger partial charge in [-0.1, -0.05) is 38.0 Å². The summed E-state index contributed by atoms with van der Waals surface area (Å²) in [5, 5.41) is 4.24. The molecule has 0 saturated heterocycles. The quantitative estimate of drug-likeness (QED) is 0.793. The van der Waals surface area contributed by atoms with Crippen LogP contribution >= 0.6 is 12.2 Å². The van der Waals surface area contributed by atoms with Crippen molar-refractivity contribution in [2.75, 3.05) is 5.32 Å². The van der Waals surface area contributed by atoms with E-state index in [2.05, 4.69) is 52.5 Å². The van der Waals surface area contributed by atoms with Gasteiger partial charge >= 0.3 is 0 Å². The van der Waals surface area contributed by atoms with E-state index in [0.29, 0.717) is 6.04 Å². The van der Waals surface area contributed by atoms with Gasteiger partial charge in [-0.05, 0) is 60.8 Å². The van der Waals surface area contributed by atoms with Gasteiger partial charge < -0.3 is 10.2 Å². The summed E-state index contributed by atoms with van der Waals surface area (Å²) in [7, 11) is 0. The molecule has 24 heavy (non-hydrogen) atoms. The summed E-state index contributed by atoms with van der Waals surface area (Å²) in [5.41, 5.74) is 3.61. The number of hydrogen-bond acceptors (Lipinski definition) is 2. The van der Waals surface area contributed by atoms with E-state index in [1.165, 1.54) is 36.8 Å². The summed E-state index contributed by atoms with van der Waals surface area (Å²) in [6.07, 6.45) is 9.83. The largest absolute Gasteiger partial charge is 0.342 e. The average molecular weight is 340 g/mol. The summed E-state index contributed by atoms with van der Waals surface area (Å²) in [6.45, 7) is 2.99. The summed E-state index contributed by atoms with van der Waals surface area (Å²) in [5.74, 6) is 0. The zero-order valence-corrected chi connectivity index (χ0v) is 15.1. The number of nitrogens with zero attached hydrogens (tertiary/aromatic N) is 2. The fourth-order valence-corrected chi connectivity index (χ4v) is 3.62. The Labute approximate surface area is 150 Å². The van der Waals surface area contributed by atoms with E-state index in [4.69, 9.17) is 12.2 Å². The van der Waals surface area contributed by atoms with Gasteiger partial charge in [0.05, 0.1) is 0 Å². The molecule has 0 amide bonds. The van der Waals surface area contributed by atoms with Crippen LogP contribution in [0.15, 0.2) is 48.8 Å². The zero-order chi connectivity index (χ0) is 16.8. The van der Waals surface area contributed by atoms with Gasteiger partial charge in [0.2, 0.25) is 0 Å². The third-order valence-electron chi connectivity index (χ3n) is 4.72. The van der Waals surface area contributed by atoms with Gasteiger partial charge in [-0.2, -0.15) is 0 Å². The normalized spacial score (nSPS) is 14.5. The summed E-state index contributed by atoms with van der Waals surface area (Å²) >= 11 is 5.75. The molecule has 1 fully saturated rings. The molecule has 1 aliphatic rings. The Kier molecular flexibility index (Phi) is 5.81. The van der Waals surface area contributed by atoms with Gasteiger partial charge in [-0.3, -0.25) is 4.98 Å². The third kappa shape index (κ3) is 4.32. The molecule has 0 spiro atoms. The number of rotatable bonds is 5. The van der Waals surface area contributed by atoms with Crippen LogP contribution in [0.1, 0.15) is 43.7 Å². The van der Waals surface area contributed by atoms with Crippen molar-refractivity contribution >= 4 is 23.0 Å². The molecule has 1 aromatic carbocycles. The molecule has 0 radical (unpaired) electrons. The number of anilines is 1. The second-order valence-corrected chi connectivity index (χ2v) is 6.79. The molecule has 1 aromatic heterocycles. The molecule has 1 heterocycles. The highest BCUT2D eigenvalue weighted by atomic mass is 32.1. The molecular weight excluding hydrogens is 314 g/mol. The van der Waals surface area contributed by atoms with Crippen molar-refractivity contribution in [3.05, 3.63) is 59.9 Å². The molecule has 0 bridgehead atoms. The summed E-state index contributed by atoms with van der Waals surface area (Å²) < 4.78 is 0. The SMILES string of the molecule is CCc1ccc(NC(=S)N(Cc2cccnc2)C2CCCC2)cc1. The number of benzene rings is 1. The highest BCUT2D eigenvalue weighted by Gasteiger charge is 2.24. The van der Waals surface area contributed by atoms with Crippen molar-refractivity contribution in [2.45, 2.75) is 51.6 Å². The maximum atomic E-state index is 5.75. The second-order valence-electron chi connectivity index (χ2n) is 6.41. The Morgan fingerprint density at radius 1 is 1.17 bits per heavy atom. The molecule has 3 nitrogen and oxygen atoms in total. The van der Waals surface area contributed by atoms with Crippen molar-refractivity contribution < 1.29 is 0 Å². The summed E-state index contributed by atoms with van der Waals surface area (Å²) in [4.78, 5) is 6.58. The van der Waals surface area contributed by atoms with Gasteiger partial charge in [0.1, 0.15) is 0 Å². The van der Waals surface area contributed by atoms with Crippen molar-refractivity contribution in [3.8, 4) is 0 Å². The average Bonchev–Trinajstić information content (AvgIpc) is 3.15. The Morgan fingerprint density at radius 3 is 2.54 bits per heavy atom. The van der Waals surface area contributed by atoms with Gasteiger partial charge in [0.15, 0.2) is 5.11 Å². The summed E-state index contributed by atoms with van der Waals surface area (Å²) in [6, 6.07) is 13.2. The molecule has 0 unspecified atom stereocenters. The van der Waals surface area contributed by atoms with E-state index in [1.807, 2.05) is 18.5 Å². The van der Waals surface area contributed by atoms with Crippen LogP contribution in [0.5, 0.6) is 0 Å². The molecular formula is C20H25N3S. The first-order valence-corrected chi connectivity index (χ1v) is 9.22. The molecule has 0 atom stereocenters. The standard InChI is InChI=1S/C20H25N3S/c1-2-16-9-11-18(12-10-16)22-20(24)23(19-7-3-4-8-19)15-17-6-5-13-21-14-17/h5-6,9-14,19H,2-4,7-8,15H2,1H3,(H,22,24). The molecule has 0 aliphatic heterocycles. The molecule has 3 rings (SSSR count). The third-order valence-corrected chi connectivity index (χ3v) is 5.05. The lowest BCUT2D eigenvalue weighted by Gasteiger charge is -2.31. The van der Waals surface area contributed by atoms with Gasteiger partial charge in [-0.15, -0.1) is 0 Å². The van der Waals surface area contributed by atoms with Crippen LogP contribution in [0.4, 0.5) is 5.69 Å². The van der Waals surface area contributed by atoms with Crippen molar-refractivity contribution in [1.82, 2.24) is 9.88 Å². The number of aromatic nitrogens is 1. The molecule has 1 saturated carbocycles. The smallest absolute Gasteiger partial charge is 0.173 e. The van der Waals surface area contributed by atoms with E-state index in [1.54, 1.807) is 0 Å². The van der Waals surface area contributed by atoms with Gasteiger partial charge in [0.25, 0.3) is 0 Å². The Hall–Kier alpha value is -1.94. The van der Waals surface area contributed by atoms with E-state index in [-0.39, 0.29) is 0 Å². The molecule has 1 N–H and O–H groups in total. The minimum absolute atomic E-state index is 0.528. The van der Waals surface area contributed by atoms with E-state index in [0.717, 1.165) is 23.8 Å². The first kappa shape index (κ1) is 16.9.